The van der Waals surface area contributed by atoms with Gasteiger partial charge >= 0.3 is 0 Å². The van der Waals surface area contributed by atoms with Crippen LogP contribution in [0.2, 0.25) is 0 Å². The number of piperazine rings is 1. The molecule has 1 aliphatic rings. The van der Waals surface area contributed by atoms with Gasteiger partial charge in [-0.25, -0.2) is 4.39 Å². The fraction of sp³-hybridized carbons (Fsp3) is 0.414. The molecule has 1 aliphatic heterocycles. The smallest absolute Gasteiger partial charge is 0.270 e. The summed E-state index contributed by atoms with van der Waals surface area (Å²) in [6.07, 6.45) is 0. The summed E-state index contributed by atoms with van der Waals surface area (Å²) >= 11 is 0. The van der Waals surface area contributed by atoms with Crippen molar-refractivity contribution in [2.75, 3.05) is 18.0 Å². The Morgan fingerprint density at radius 1 is 1.08 bits per heavy atom. The van der Waals surface area contributed by atoms with Gasteiger partial charge < -0.3 is 18.8 Å². The van der Waals surface area contributed by atoms with E-state index in [1.165, 1.54) is 12.1 Å². The zero-order valence-electron chi connectivity index (χ0n) is 23.0. The van der Waals surface area contributed by atoms with Gasteiger partial charge in [0, 0.05) is 43.7 Å². The first kappa shape index (κ1) is 26.5. The highest BCUT2D eigenvalue weighted by Gasteiger charge is 2.39. The number of pyridine rings is 2. The maximum Gasteiger partial charge on any atom is 0.270 e. The van der Waals surface area contributed by atoms with Gasteiger partial charge in [-0.15, -0.1) is 4.98 Å². The topological polar surface area (TPSA) is 84.7 Å². The Bertz CT molecular complexity index is 1610. The van der Waals surface area contributed by atoms with Gasteiger partial charge in [-0.3, -0.25) is 9.69 Å². The van der Waals surface area contributed by atoms with Crippen LogP contribution in [0.1, 0.15) is 57.9 Å². The highest BCUT2D eigenvalue weighted by molar-refractivity contribution is 5.89. The predicted octanol–water partition coefficient (Wildman–Crippen LogP) is 4.99. The van der Waals surface area contributed by atoms with E-state index in [-0.39, 0.29) is 40.7 Å². The Labute approximate surface area is 226 Å². The number of fused-ring (bicyclic) bond motifs is 1. The van der Waals surface area contributed by atoms with Crippen LogP contribution in [-0.2, 0) is 12.5 Å². The molecule has 0 spiro atoms. The highest BCUT2D eigenvalue weighted by Crippen LogP contribution is 2.36. The van der Waals surface area contributed by atoms with Gasteiger partial charge in [0.15, 0.2) is 5.82 Å². The molecule has 10 heteroatoms. The van der Waals surface area contributed by atoms with Crippen molar-refractivity contribution in [1.29, 1.82) is 0 Å². The summed E-state index contributed by atoms with van der Waals surface area (Å²) < 4.78 is 21.2. The number of rotatable bonds is 4. The van der Waals surface area contributed by atoms with Crippen LogP contribution in [0.25, 0.3) is 15.9 Å². The molecular formula is C29H32FN7O2. The number of hydrogen-bond acceptors (Lipinski definition) is 7. The molecule has 1 saturated heterocycles. The van der Waals surface area contributed by atoms with E-state index in [0.29, 0.717) is 41.5 Å². The summed E-state index contributed by atoms with van der Waals surface area (Å²) in [4.78, 5) is 30.2. The average Bonchev–Trinajstić information content (AvgIpc) is 3.40. The number of halogens is 1. The third kappa shape index (κ3) is 4.90. The van der Waals surface area contributed by atoms with Gasteiger partial charge in [0.25, 0.3) is 11.4 Å². The summed E-state index contributed by atoms with van der Waals surface area (Å²) in [6.45, 7) is 18.9. The van der Waals surface area contributed by atoms with E-state index in [0.717, 1.165) is 5.56 Å². The van der Waals surface area contributed by atoms with Crippen molar-refractivity contribution in [1.82, 2.24) is 24.6 Å². The van der Waals surface area contributed by atoms with Crippen LogP contribution in [0.3, 0.4) is 0 Å². The zero-order chi connectivity index (χ0) is 28.1. The van der Waals surface area contributed by atoms with E-state index < -0.39 is 0 Å². The SMILES string of the molecule is [C-]#[N+]c1ccc2c(n1)c(N1C[C@@H](C)N(C(c3ccc(F)cc3)c3nc(C(C)(C)C)no3)C[C@@H]1C)cc(=O)n2C. The van der Waals surface area contributed by atoms with Crippen molar-refractivity contribution < 1.29 is 8.91 Å². The minimum atomic E-state index is -0.374. The molecule has 0 bridgehead atoms. The second kappa shape index (κ2) is 9.89. The molecule has 0 radical (unpaired) electrons. The minimum absolute atomic E-state index is 0.00982. The van der Waals surface area contributed by atoms with Gasteiger partial charge in [-0.05, 0) is 43.7 Å². The molecule has 39 heavy (non-hydrogen) atoms. The van der Waals surface area contributed by atoms with Crippen molar-refractivity contribution in [3.63, 3.8) is 0 Å². The summed E-state index contributed by atoms with van der Waals surface area (Å²) in [7, 11) is 1.71. The van der Waals surface area contributed by atoms with E-state index in [2.05, 4.69) is 38.6 Å². The first-order chi connectivity index (χ1) is 18.5. The molecule has 0 saturated carbocycles. The molecule has 1 unspecified atom stereocenters. The number of aryl methyl sites for hydroxylation is 1. The van der Waals surface area contributed by atoms with E-state index in [1.807, 2.05) is 20.8 Å². The fourth-order valence-electron chi connectivity index (χ4n) is 5.20. The van der Waals surface area contributed by atoms with Crippen molar-refractivity contribution in [3.8, 4) is 0 Å². The lowest BCUT2D eigenvalue weighted by molar-refractivity contribution is 0.110. The lowest BCUT2D eigenvalue weighted by atomic mass is 9.96. The van der Waals surface area contributed by atoms with E-state index >= 15 is 0 Å². The van der Waals surface area contributed by atoms with Gasteiger partial charge in [-0.2, -0.15) is 4.98 Å². The molecule has 5 rings (SSSR count). The van der Waals surface area contributed by atoms with Gasteiger partial charge in [0.1, 0.15) is 11.9 Å². The largest absolute Gasteiger partial charge is 0.362 e. The Hall–Kier alpha value is -4.10. The Morgan fingerprint density at radius 3 is 2.44 bits per heavy atom. The number of anilines is 1. The molecule has 0 aliphatic carbocycles. The van der Waals surface area contributed by atoms with Crippen LogP contribution >= 0.6 is 0 Å². The molecule has 4 heterocycles. The molecule has 4 aromatic rings. The molecule has 0 N–H and O–H groups in total. The van der Waals surface area contributed by atoms with E-state index in [9.17, 15) is 9.18 Å². The third-order valence-corrected chi connectivity index (χ3v) is 7.38. The molecular weight excluding hydrogens is 497 g/mol. The Morgan fingerprint density at radius 2 is 1.79 bits per heavy atom. The maximum atomic E-state index is 13.9. The lowest BCUT2D eigenvalue weighted by Crippen LogP contribution is -2.57. The zero-order valence-corrected chi connectivity index (χ0v) is 23.0. The Balaban J connectivity index is 1.55. The summed E-state index contributed by atoms with van der Waals surface area (Å²) in [6, 6.07) is 11.0. The van der Waals surface area contributed by atoms with Crippen molar-refractivity contribution in [2.45, 2.75) is 58.2 Å². The molecule has 9 nitrogen and oxygen atoms in total. The van der Waals surface area contributed by atoms with Crippen molar-refractivity contribution in [3.05, 3.63) is 87.3 Å². The summed E-state index contributed by atoms with van der Waals surface area (Å²) in [5.74, 6) is 1.04. The molecule has 0 amide bonds. The van der Waals surface area contributed by atoms with Crippen molar-refractivity contribution in [2.24, 2.45) is 7.05 Å². The number of nitrogens with zero attached hydrogens (tertiary/aromatic N) is 7. The number of hydrogen-bond donors (Lipinski definition) is 0. The van der Waals surface area contributed by atoms with Gasteiger partial charge in [-0.1, -0.05) is 44.6 Å². The minimum Gasteiger partial charge on any atom is -0.362 e. The second-order valence-corrected chi connectivity index (χ2v) is 11.3. The molecule has 1 aromatic carbocycles. The third-order valence-electron chi connectivity index (χ3n) is 7.38. The van der Waals surface area contributed by atoms with Crippen LogP contribution in [-0.4, -0.2) is 49.8 Å². The number of benzene rings is 1. The standard InChI is InChI=1S/C29H32FN7O2/c1-17-16-37(26(19-8-10-20(30)11-9-19)27-33-28(34-39-27)29(3,4)5)18(2)15-36(17)22-14-24(38)35(7)21-12-13-23(31-6)32-25(21)22/h8-14,17-18,26H,15-16H2,1-5,7H3/t17-,18+,26?/m0/s1. The maximum absolute atomic E-state index is 13.9. The van der Waals surface area contributed by atoms with E-state index in [1.54, 1.807) is 41.9 Å². The normalized spacial score (nSPS) is 19.3. The number of aromatic nitrogens is 4. The molecule has 202 valence electrons. The first-order valence-corrected chi connectivity index (χ1v) is 13.0. The van der Waals surface area contributed by atoms with Gasteiger partial charge in [0.2, 0.25) is 11.4 Å². The van der Waals surface area contributed by atoms with Crippen LogP contribution < -0.4 is 10.5 Å². The highest BCUT2D eigenvalue weighted by atomic mass is 19.1. The van der Waals surface area contributed by atoms with Crippen LogP contribution in [0, 0.1) is 12.4 Å². The Kier molecular flexibility index (Phi) is 6.72. The summed E-state index contributed by atoms with van der Waals surface area (Å²) in [5, 5.41) is 4.25. The van der Waals surface area contributed by atoms with E-state index in [4.69, 9.17) is 16.1 Å². The average molecular weight is 530 g/mol. The van der Waals surface area contributed by atoms with Crippen LogP contribution in [0.4, 0.5) is 15.9 Å². The summed E-state index contributed by atoms with van der Waals surface area (Å²) in [5.41, 5.74) is 2.45. The predicted molar refractivity (Wildman–Crippen MR) is 147 cm³/mol. The van der Waals surface area contributed by atoms with Gasteiger partial charge in [0.05, 0.1) is 11.2 Å². The van der Waals surface area contributed by atoms with Crippen LogP contribution in [0.15, 0.2) is 51.8 Å². The van der Waals surface area contributed by atoms with Crippen molar-refractivity contribution >= 4 is 22.5 Å². The van der Waals surface area contributed by atoms with Crippen LogP contribution in [0.5, 0.6) is 0 Å². The molecule has 3 aromatic heterocycles. The fourth-order valence-corrected chi connectivity index (χ4v) is 5.20. The monoisotopic (exact) mass is 529 g/mol. The quantitative estimate of drug-likeness (QED) is 0.344. The lowest BCUT2D eigenvalue weighted by Gasteiger charge is -2.47. The second-order valence-electron chi connectivity index (χ2n) is 11.3. The first-order valence-electron chi connectivity index (χ1n) is 13.0. The molecule has 3 atom stereocenters. The molecule has 1 fully saturated rings.